The van der Waals surface area contributed by atoms with E-state index in [2.05, 4.69) is 63.5 Å². The first kappa shape index (κ1) is 22.5. The van der Waals surface area contributed by atoms with Gasteiger partial charge in [0.2, 0.25) is 0 Å². The Kier molecular flexibility index (Phi) is 9.02. The van der Waals surface area contributed by atoms with E-state index in [4.69, 9.17) is 0 Å². The average molecular weight is 413 g/mol. The number of unbranched alkanes of at least 4 members (excludes halogenated alkanes) is 1. The molecule has 0 amide bonds. The summed E-state index contributed by atoms with van der Waals surface area (Å²) < 4.78 is 0. The smallest absolute Gasteiger partial charge is 0.0989 e. The first-order valence-electron chi connectivity index (χ1n) is 10.1. The first-order valence-corrected chi connectivity index (χ1v) is 11.8. The van der Waals surface area contributed by atoms with E-state index in [1.54, 1.807) is 11.3 Å². The maximum absolute atomic E-state index is 9.59. The summed E-state index contributed by atoms with van der Waals surface area (Å²) in [4.78, 5) is 4.04. The van der Waals surface area contributed by atoms with Gasteiger partial charge in [0.15, 0.2) is 0 Å². The van der Waals surface area contributed by atoms with E-state index in [1.807, 2.05) is 23.5 Å². The molecular formula is C24H32N2S2. The lowest BCUT2D eigenvalue weighted by atomic mass is 10.0. The predicted octanol–water partition coefficient (Wildman–Crippen LogP) is 7.40. The summed E-state index contributed by atoms with van der Waals surface area (Å²) in [6.07, 6.45) is 8.40. The fraction of sp³-hybridized carbons (Fsp3) is 0.458. The van der Waals surface area contributed by atoms with E-state index >= 15 is 0 Å². The molecule has 2 rings (SSSR count). The standard InChI is InChI=1S/C24H32N2S2/c1-6-7-9-20(15-25)14-22(26-16-21-10-8-13-27-21)24-19(5)18(4)23(28-24)12-11-17(2)3/h8-10,13-14,17,26H,6-7,11-12,16H2,1-5H3/b20-9-,22-14+. The summed E-state index contributed by atoms with van der Waals surface area (Å²) in [5.41, 5.74) is 4.55. The monoisotopic (exact) mass is 412 g/mol. The maximum Gasteiger partial charge on any atom is 0.0989 e. The summed E-state index contributed by atoms with van der Waals surface area (Å²) in [5.74, 6) is 0.708. The van der Waals surface area contributed by atoms with Crippen LogP contribution in [0.25, 0.3) is 5.70 Å². The van der Waals surface area contributed by atoms with E-state index in [0.717, 1.165) is 37.1 Å². The molecular weight excluding hydrogens is 380 g/mol. The molecule has 0 radical (unpaired) electrons. The molecule has 1 N–H and O–H groups in total. The van der Waals surface area contributed by atoms with Gasteiger partial charge in [0.1, 0.15) is 0 Å². The summed E-state index contributed by atoms with van der Waals surface area (Å²) >= 11 is 3.64. The molecule has 0 aliphatic heterocycles. The van der Waals surface area contributed by atoms with E-state index in [1.165, 1.54) is 32.2 Å². The van der Waals surface area contributed by atoms with Gasteiger partial charge in [-0.15, -0.1) is 22.7 Å². The Balaban J connectivity index is 2.37. The quantitative estimate of drug-likeness (QED) is 0.326. The number of nitrogens with zero attached hydrogens (tertiary/aromatic N) is 1. The predicted molar refractivity (Wildman–Crippen MR) is 125 cm³/mol. The highest BCUT2D eigenvalue weighted by atomic mass is 32.1. The Morgan fingerprint density at radius 2 is 2.07 bits per heavy atom. The van der Waals surface area contributed by atoms with Gasteiger partial charge in [-0.05, 0) is 67.7 Å². The van der Waals surface area contributed by atoms with Crippen molar-refractivity contribution >= 4 is 28.4 Å². The van der Waals surface area contributed by atoms with Crippen LogP contribution < -0.4 is 5.32 Å². The van der Waals surface area contributed by atoms with Crippen molar-refractivity contribution in [2.24, 2.45) is 5.92 Å². The molecule has 0 aliphatic rings. The zero-order valence-corrected chi connectivity index (χ0v) is 19.4. The molecule has 2 heterocycles. The van der Waals surface area contributed by atoms with Crippen LogP contribution in [-0.4, -0.2) is 0 Å². The van der Waals surface area contributed by atoms with Crippen molar-refractivity contribution in [2.45, 2.75) is 66.8 Å². The SMILES string of the molecule is CCC/C=C(C#N)/C=C(/NCc1cccs1)c1sc(CCC(C)C)c(C)c1C. The maximum atomic E-state index is 9.59. The average Bonchev–Trinajstić information content (AvgIpc) is 3.29. The van der Waals surface area contributed by atoms with Crippen LogP contribution in [0.5, 0.6) is 0 Å². The molecule has 0 aliphatic carbocycles. The number of nitrogens with one attached hydrogen (secondary N) is 1. The zero-order valence-electron chi connectivity index (χ0n) is 17.8. The van der Waals surface area contributed by atoms with Crippen molar-refractivity contribution in [3.05, 3.63) is 61.0 Å². The molecule has 2 aromatic heterocycles. The number of allylic oxidation sites excluding steroid dienone is 3. The second kappa shape index (κ2) is 11.2. The molecule has 4 heteroatoms. The van der Waals surface area contributed by atoms with Crippen LogP contribution in [0.3, 0.4) is 0 Å². The Labute approximate surface area is 178 Å². The molecule has 28 heavy (non-hydrogen) atoms. The third kappa shape index (κ3) is 6.36. The van der Waals surface area contributed by atoms with Gasteiger partial charge in [-0.3, -0.25) is 0 Å². The van der Waals surface area contributed by atoms with Crippen molar-refractivity contribution in [1.29, 1.82) is 5.26 Å². The van der Waals surface area contributed by atoms with E-state index in [-0.39, 0.29) is 0 Å². The van der Waals surface area contributed by atoms with Gasteiger partial charge in [-0.25, -0.2) is 0 Å². The number of hydrogen-bond donors (Lipinski definition) is 1. The van der Waals surface area contributed by atoms with E-state index in [0.29, 0.717) is 5.92 Å². The Morgan fingerprint density at radius 3 is 2.68 bits per heavy atom. The number of rotatable bonds is 10. The summed E-state index contributed by atoms with van der Waals surface area (Å²) in [5, 5.41) is 15.3. The van der Waals surface area contributed by atoms with E-state index in [9.17, 15) is 5.26 Å². The Hall–Kier alpha value is -1.83. The van der Waals surface area contributed by atoms with Gasteiger partial charge in [-0.2, -0.15) is 5.26 Å². The highest BCUT2D eigenvalue weighted by Crippen LogP contribution is 2.34. The van der Waals surface area contributed by atoms with Gasteiger partial charge in [0.05, 0.1) is 22.2 Å². The van der Waals surface area contributed by atoms with Crippen LogP contribution in [0.4, 0.5) is 0 Å². The Morgan fingerprint density at radius 1 is 1.29 bits per heavy atom. The fourth-order valence-electron chi connectivity index (χ4n) is 2.96. The molecule has 0 aromatic carbocycles. The van der Waals surface area contributed by atoms with Gasteiger partial charge in [0, 0.05) is 16.3 Å². The normalized spacial score (nSPS) is 12.5. The van der Waals surface area contributed by atoms with Crippen molar-refractivity contribution in [1.82, 2.24) is 5.32 Å². The van der Waals surface area contributed by atoms with E-state index < -0.39 is 0 Å². The second-order valence-corrected chi connectivity index (χ2v) is 9.73. The third-order valence-corrected chi connectivity index (χ3v) is 7.22. The zero-order chi connectivity index (χ0) is 20.5. The third-order valence-electron chi connectivity index (χ3n) is 4.86. The molecule has 0 atom stereocenters. The number of hydrogen-bond acceptors (Lipinski definition) is 4. The minimum atomic E-state index is 0.708. The van der Waals surface area contributed by atoms with Crippen molar-refractivity contribution in [3.63, 3.8) is 0 Å². The minimum Gasteiger partial charge on any atom is -0.379 e. The van der Waals surface area contributed by atoms with Gasteiger partial charge >= 0.3 is 0 Å². The molecule has 150 valence electrons. The molecule has 0 unspecified atom stereocenters. The topological polar surface area (TPSA) is 35.8 Å². The highest BCUT2D eigenvalue weighted by Gasteiger charge is 2.16. The lowest BCUT2D eigenvalue weighted by Crippen LogP contribution is -2.11. The van der Waals surface area contributed by atoms with Crippen molar-refractivity contribution in [3.8, 4) is 6.07 Å². The largest absolute Gasteiger partial charge is 0.379 e. The molecule has 0 fully saturated rings. The van der Waals surface area contributed by atoms with Crippen molar-refractivity contribution < 1.29 is 0 Å². The van der Waals surface area contributed by atoms with Crippen LogP contribution in [-0.2, 0) is 13.0 Å². The minimum absolute atomic E-state index is 0.708. The molecule has 2 nitrogen and oxygen atoms in total. The summed E-state index contributed by atoms with van der Waals surface area (Å²) in [7, 11) is 0. The summed E-state index contributed by atoms with van der Waals surface area (Å²) in [6, 6.07) is 6.59. The Bertz CT molecular complexity index is 846. The second-order valence-electron chi connectivity index (χ2n) is 7.59. The summed E-state index contributed by atoms with van der Waals surface area (Å²) in [6.45, 7) is 11.9. The van der Waals surface area contributed by atoms with Crippen LogP contribution in [0.15, 0.2) is 35.2 Å². The number of thiophene rings is 2. The first-order chi connectivity index (χ1) is 13.5. The highest BCUT2D eigenvalue weighted by molar-refractivity contribution is 7.13. The molecule has 0 bridgehead atoms. The molecule has 2 aromatic rings. The van der Waals surface area contributed by atoms with Crippen LogP contribution in [0.1, 0.15) is 65.8 Å². The van der Waals surface area contributed by atoms with Gasteiger partial charge in [0.25, 0.3) is 0 Å². The lowest BCUT2D eigenvalue weighted by molar-refractivity contribution is 0.589. The lowest BCUT2D eigenvalue weighted by Gasteiger charge is -2.10. The van der Waals surface area contributed by atoms with Crippen LogP contribution in [0, 0.1) is 31.1 Å². The molecule has 0 saturated heterocycles. The van der Waals surface area contributed by atoms with Crippen molar-refractivity contribution in [2.75, 3.05) is 0 Å². The number of nitriles is 1. The van der Waals surface area contributed by atoms with Gasteiger partial charge in [-0.1, -0.05) is 39.3 Å². The van der Waals surface area contributed by atoms with Crippen LogP contribution in [0.2, 0.25) is 0 Å². The molecule has 0 spiro atoms. The van der Waals surface area contributed by atoms with Gasteiger partial charge < -0.3 is 5.32 Å². The number of aryl methyl sites for hydroxylation is 1. The van der Waals surface area contributed by atoms with Crippen LogP contribution >= 0.6 is 22.7 Å². The molecule has 0 saturated carbocycles. The fourth-order valence-corrected chi connectivity index (χ4v) is 4.92.